The van der Waals surface area contributed by atoms with E-state index in [1.807, 2.05) is 23.1 Å². The van der Waals surface area contributed by atoms with E-state index in [1.54, 1.807) is 0 Å². The number of rotatable bonds is 1. The van der Waals surface area contributed by atoms with Crippen LogP contribution in [0.2, 0.25) is 0 Å². The molecule has 1 aliphatic heterocycles. The highest BCUT2D eigenvalue weighted by atomic mass is 127. The van der Waals surface area contributed by atoms with Gasteiger partial charge in [-0.3, -0.25) is 4.79 Å². The quantitative estimate of drug-likeness (QED) is 0.576. The van der Waals surface area contributed by atoms with Crippen LogP contribution < -0.4 is 4.90 Å². The van der Waals surface area contributed by atoms with Gasteiger partial charge in [0.25, 0.3) is 0 Å². The summed E-state index contributed by atoms with van der Waals surface area (Å²) in [7, 11) is 0. The van der Waals surface area contributed by atoms with Crippen molar-refractivity contribution in [3.8, 4) is 0 Å². The van der Waals surface area contributed by atoms with Gasteiger partial charge in [-0.05, 0) is 25.0 Å². The fraction of sp³-hybridized carbons (Fsp3) is 0.364. The maximum absolute atomic E-state index is 11.7. The van der Waals surface area contributed by atoms with E-state index >= 15 is 0 Å². The van der Waals surface area contributed by atoms with Crippen LogP contribution in [0.5, 0.6) is 0 Å². The molecule has 0 fully saturated rings. The molecule has 0 aliphatic carbocycles. The molecule has 1 aromatic carbocycles. The number of hydrogen-bond donors (Lipinski definition) is 0. The molecule has 3 heteroatoms. The number of anilines is 1. The topological polar surface area (TPSA) is 20.3 Å². The predicted molar refractivity (Wildman–Crippen MR) is 66.0 cm³/mol. The van der Waals surface area contributed by atoms with Gasteiger partial charge in [-0.1, -0.05) is 40.8 Å². The molecule has 0 bridgehead atoms. The molecule has 74 valence electrons. The summed E-state index contributed by atoms with van der Waals surface area (Å²) in [4.78, 5) is 13.6. The third kappa shape index (κ3) is 1.54. The van der Waals surface area contributed by atoms with E-state index in [2.05, 4.69) is 35.6 Å². The minimum Gasteiger partial charge on any atom is -0.308 e. The Morgan fingerprint density at radius 1 is 1.57 bits per heavy atom. The molecule has 1 atom stereocenters. The molecule has 2 nitrogen and oxygen atoms in total. The molecule has 14 heavy (non-hydrogen) atoms. The predicted octanol–water partition coefficient (Wildman–Crippen LogP) is 2.40. The smallest absolute Gasteiger partial charge is 0.237 e. The number of fused-ring (bicyclic) bond motifs is 1. The van der Waals surface area contributed by atoms with Crippen molar-refractivity contribution in [2.75, 3.05) is 9.33 Å². The van der Waals surface area contributed by atoms with Crippen molar-refractivity contribution in [1.29, 1.82) is 0 Å². The van der Waals surface area contributed by atoms with Gasteiger partial charge in [-0.15, -0.1) is 0 Å². The van der Waals surface area contributed by atoms with Crippen LogP contribution in [0, 0.1) is 0 Å². The summed E-state index contributed by atoms with van der Waals surface area (Å²) >= 11 is 2.12. The second-order valence-corrected chi connectivity index (χ2v) is 4.34. The van der Waals surface area contributed by atoms with Crippen molar-refractivity contribution < 1.29 is 4.79 Å². The lowest BCUT2D eigenvalue weighted by molar-refractivity contribution is -0.116. The molecule has 1 amide bonds. The Hall–Kier alpha value is -0.580. The molecule has 2 rings (SSSR count). The van der Waals surface area contributed by atoms with E-state index in [4.69, 9.17) is 0 Å². The van der Waals surface area contributed by atoms with E-state index in [1.165, 1.54) is 5.56 Å². The zero-order chi connectivity index (χ0) is 10.1. The van der Waals surface area contributed by atoms with E-state index in [-0.39, 0.29) is 5.91 Å². The van der Waals surface area contributed by atoms with Gasteiger partial charge in [-0.25, -0.2) is 0 Å². The molecule has 1 aromatic rings. The summed E-state index contributed by atoms with van der Waals surface area (Å²) < 4.78 is 0.552. The lowest BCUT2D eigenvalue weighted by Gasteiger charge is -2.21. The van der Waals surface area contributed by atoms with Crippen LogP contribution in [0.15, 0.2) is 24.3 Å². The second kappa shape index (κ2) is 3.88. The number of nitrogens with zero attached hydrogens (tertiary/aromatic N) is 1. The van der Waals surface area contributed by atoms with E-state index in [0.29, 0.717) is 10.5 Å². The Balaban J connectivity index is 2.39. The molecule has 0 aromatic heterocycles. The Morgan fingerprint density at radius 2 is 2.29 bits per heavy atom. The number of carbonyl (C=O) groups excluding carboxylic acids is 1. The number of alkyl halides is 1. The van der Waals surface area contributed by atoms with Crippen LogP contribution >= 0.6 is 22.6 Å². The van der Waals surface area contributed by atoms with Crippen LogP contribution in [0.1, 0.15) is 12.5 Å². The van der Waals surface area contributed by atoms with Gasteiger partial charge >= 0.3 is 0 Å². The minimum absolute atomic E-state index is 0.211. The summed E-state index contributed by atoms with van der Waals surface area (Å²) in [5.41, 5.74) is 2.39. The van der Waals surface area contributed by atoms with Crippen LogP contribution in [0.3, 0.4) is 0 Å². The third-order valence-electron chi connectivity index (χ3n) is 2.59. The summed E-state index contributed by atoms with van der Waals surface area (Å²) in [5, 5.41) is 0. The third-order valence-corrected chi connectivity index (χ3v) is 3.24. The van der Waals surface area contributed by atoms with Gasteiger partial charge in [0, 0.05) is 11.7 Å². The van der Waals surface area contributed by atoms with Crippen molar-refractivity contribution in [2.24, 2.45) is 0 Å². The Labute approximate surface area is 97.4 Å². The fourth-order valence-corrected chi connectivity index (χ4v) is 2.38. The second-order valence-electron chi connectivity index (χ2n) is 3.58. The fourth-order valence-electron chi connectivity index (χ4n) is 2.01. The molecule has 1 unspecified atom stereocenters. The molecule has 0 saturated carbocycles. The number of carbonyl (C=O) groups is 1. The maximum atomic E-state index is 11.7. The minimum atomic E-state index is 0.211. The highest BCUT2D eigenvalue weighted by Crippen LogP contribution is 2.31. The van der Waals surface area contributed by atoms with Gasteiger partial charge in [0.1, 0.15) is 0 Å². The number of para-hydroxylation sites is 1. The van der Waals surface area contributed by atoms with Crippen molar-refractivity contribution in [2.45, 2.75) is 19.4 Å². The zero-order valence-corrected chi connectivity index (χ0v) is 10.2. The average molecular weight is 301 g/mol. The average Bonchev–Trinajstić information content (AvgIpc) is 2.53. The first-order valence-electron chi connectivity index (χ1n) is 4.70. The first kappa shape index (κ1) is 9.96. The molecule has 1 heterocycles. The number of amides is 1. The van der Waals surface area contributed by atoms with Crippen molar-refractivity contribution >= 4 is 34.2 Å². The molecule has 0 N–H and O–H groups in total. The zero-order valence-electron chi connectivity index (χ0n) is 8.03. The van der Waals surface area contributed by atoms with Crippen molar-refractivity contribution in [3.63, 3.8) is 0 Å². The van der Waals surface area contributed by atoms with Gasteiger partial charge in [-0.2, -0.15) is 0 Å². The highest BCUT2D eigenvalue weighted by molar-refractivity contribution is 14.1. The number of hydrogen-bond acceptors (Lipinski definition) is 1. The number of benzene rings is 1. The molecule has 0 radical (unpaired) electrons. The molecule has 0 spiro atoms. The lowest BCUT2D eigenvalue weighted by Crippen LogP contribution is -2.36. The Kier molecular flexibility index (Phi) is 2.76. The normalized spacial score (nSPS) is 19.6. The van der Waals surface area contributed by atoms with Crippen LogP contribution in [-0.4, -0.2) is 16.4 Å². The Bertz CT molecular complexity index is 364. The molecular formula is C11H12INO. The highest BCUT2D eigenvalue weighted by Gasteiger charge is 2.29. The first-order chi connectivity index (χ1) is 6.74. The maximum Gasteiger partial charge on any atom is 0.237 e. The number of halogens is 1. The SMILES string of the molecule is CC1Cc2ccccc2N1C(=O)CI. The lowest BCUT2D eigenvalue weighted by atomic mass is 10.1. The monoisotopic (exact) mass is 301 g/mol. The van der Waals surface area contributed by atoms with Gasteiger partial charge in [0.15, 0.2) is 0 Å². The summed E-state index contributed by atoms with van der Waals surface area (Å²) in [6, 6.07) is 8.47. The standard InChI is InChI=1S/C11H12INO/c1-8-6-9-4-2-3-5-10(9)13(8)11(14)7-12/h2-5,8H,6-7H2,1H3. The molecular weight excluding hydrogens is 289 g/mol. The van der Waals surface area contributed by atoms with E-state index in [0.717, 1.165) is 12.1 Å². The van der Waals surface area contributed by atoms with Crippen LogP contribution in [0.4, 0.5) is 5.69 Å². The van der Waals surface area contributed by atoms with Crippen molar-refractivity contribution in [3.05, 3.63) is 29.8 Å². The summed E-state index contributed by atoms with van der Waals surface area (Å²) in [6.07, 6.45) is 0.985. The van der Waals surface area contributed by atoms with Crippen molar-refractivity contribution in [1.82, 2.24) is 0 Å². The largest absolute Gasteiger partial charge is 0.308 e. The molecule has 0 saturated heterocycles. The van der Waals surface area contributed by atoms with E-state index in [9.17, 15) is 4.79 Å². The van der Waals surface area contributed by atoms with Gasteiger partial charge in [0.2, 0.25) is 5.91 Å². The summed E-state index contributed by atoms with van der Waals surface area (Å²) in [5.74, 6) is 0.211. The molecule has 1 aliphatic rings. The van der Waals surface area contributed by atoms with Crippen LogP contribution in [0.25, 0.3) is 0 Å². The Morgan fingerprint density at radius 3 is 3.00 bits per heavy atom. The van der Waals surface area contributed by atoms with Gasteiger partial charge < -0.3 is 4.90 Å². The van der Waals surface area contributed by atoms with E-state index < -0.39 is 0 Å². The van der Waals surface area contributed by atoms with Crippen LogP contribution in [-0.2, 0) is 11.2 Å². The summed E-state index contributed by atoms with van der Waals surface area (Å²) in [6.45, 7) is 2.10. The first-order valence-corrected chi connectivity index (χ1v) is 6.22. The van der Waals surface area contributed by atoms with Gasteiger partial charge in [0.05, 0.1) is 4.43 Å².